The van der Waals surface area contributed by atoms with Crippen LogP contribution in [0.25, 0.3) is 0 Å². The maximum atomic E-state index is 15.0. The first kappa shape index (κ1) is 30.2. The molecule has 0 amide bonds. The molecule has 4 rings (SSSR count). The molecule has 0 N–H and O–H groups in total. The van der Waals surface area contributed by atoms with Gasteiger partial charge in [0, 0.05) is 12.7 Å². The summed E-state index contributed by atoms with van der Waals surface area (Å²) < 4.78 is 61.5. The van der Waals surface area contributed by atoms with Crippen molar-refractivity contribution >= 4 is 5.97 Å². The third kappa shape index (κ3) is 7.68. The van der Waals surface area contributed by atoms with E-state index in [9.17, 15) is 13.6 Å². The van der Waals surface area contributed by atoms with Gasteiger partial charge in [-0.25, -0.2) is 8.78 Å². The average molecular weight is 559 g/mol. The molecule has 0 saturated heterocycles. The lowest BCUT2D eigenvalue weighted by molar-refractivity contribution is -0.140. The van der Waals surface area contributed by atoms with E-state index in [4.69, 9.17) is 14.2 Å². The molecule has 7 heteroatoms. The van der Waals surface area contributed by atoms with Gasteiger partial charge in [0.05, 0.1) is 18.6 Å². The van der Waals surface area contributed by atoms with Crippen LogP contribution in [0, 0.1) is 23.4 Å². The van der Waals surface area contributed by atoms with E-state index in [1.807, 2.05) is 0 Å². The molecule has 2 aliphatic carbocycles. The summed E-state index contributed by atoms with van der Waals surface area (Å²) in [5.74, 6) is -3.37. The number of rotatable bonds is 12. The van der Waals surface area contributed by atoms with Gasteiger partial charge in [-0.05, 0) is 99.3 Å². The van der Waals surface area contributed by atoms with Crippen LogP contribution in [0.5, 0.6) is 11.5 Å². The zero-order valence-corrected chi connectivity index (χ0v) is 23.4. The van der Waals surface area contributed by atoms with E-state index in [1.54, 1.807) is 24.3 Å². The van der Waals surface area contributed by atoms with Gasteiger partial charge in [0.15, 0.2) is 11.6 Å². The quantitative estimate of drug-likeness (QED) is 0.113. The number of unbranched alkanes of at least 4 members (excludes halogenated alkanes) is 1. The summed E-state index contributed by atoms with van der Waals surface area (Å²) in [6.45, 7) is 6.95. The molecule has 2 fully saturated rings. The molecular weight excluding hydrogens is 517 g/mol. The number of ether oxygens (including phenoxy) is 3. The molecule has 2 aliphatic rings. The second-order valence-corrected chi connectivity index (χ2v) is 11.1. The Morgan fingerprint density at radius 1 is 0.900 bits per heavy atom. The van der Waals surface area contributed by atoms with E-state index < -0.39 is 23.5 Å². The third-order valence-electron chi connectivity index (χ3n) is 8.32. The molecule has 0 bridgehead atoms. The van der Waals surface area contributed by atoms with Crippen molar-refractivity contribution in [2.24, 2.45) is 5.92 Å². The van der Waals surface area contributed by atoms with Gasteiger partial charge in [-0.2, -0.15) is 4.39 Å². The number of benzene rings is 2. The Kier molecular flexibility index (Phi) is 11.1. The fraction of sp³-hybridized carbons (Fsp3) is 0.545. The zero-order chi connectivity index (χ0) is 28.5. The van der Waals surface area contributed by atoms with Crippen LogP contribution in [-0.4, -0.2) is 25.3 Å². The van der Waals surface area contributed by atoms with Crippen LogP contribution in [0.2, 0.25) is 0 Å². The second-order valence-electron chi connectivity index (χ2n) is 11.1. The van der Waals surface area contributed by atoms with Crippen LogP contribution in [0.15, 0.2) is 43.0 Å². The summed E-state index contributed by atoms with van der Waals surface area (Å²) in [6, 6.07) is 7.82. The van der Waals surface area contributed by atoms with Crippen LogP contribution in [0.4, 0.5) is 13.2 Å². The Morgan fingerprint density at radius 2 is 1.57 bits per heavy atom. The summed E-state index contributed by atoms with van der Waals surface area (Å²) in [4.78, 5) is 12.8. The lowest BCUT2D eigenvalue weighted by atomic mass is 9.78. The molecule has 2 saturated carbocycles. The summed E-state index contributed by atoms with van der Waals surface area (Å²) >= 11 is 0. The van der Waals surface area contributed by atoms with Crippen LogP contribution in [0.1, 0.15) is 101 Å². The normalized spacial score (nSPS) is 23.0. The molecule has 0 radical (unpaired) electrons. The topological polar surface area (TPSA) is 44.8 Å². The summed E-state index contributed by atoms with van der Waals surface area (Å²) in [5.41, 5.74) is 0.942. The Labute approximate surface area is 235 Å². The number of esters is 1. The van der Waals surface area contributed by atoms with Crippen molar-refractivity contribution in [3.63, 3.8) is 0 Å². The molecular formula is C33H41F3O4. The second kappa shape index (κ2) is 14.7. The van der Waals surface area contributed by atoms with Crippen molar-refractivity contribution in [1.82, 2.24) is 0 Å². The van der Waals surface area contributed by atoms with Crippen LogP contribution < -0.4 is 9.47 Å². The maximum Gasteiger partial charge on any atom is 0.314 e. The van der Waals surface area contributed by atoms with Crippen molar-refractivity contribution in [3.05, 3.63) is 71.6 Å². The summed E-state index contributed by atoms with van der Waals surface area (Å²) in [7, 11) is 0. The molecule has 0 aliphatic heterocycles. The van der Waals surface area contributed by atoms with Crippen molar-refractivity contribution in [3.8, 4) is 11.5 Å². The Morgan fingerprint density at radius 3 is 2.25 bits per heavy atom. The molecule has 0 aromatic heterocycles. The zero-order valence-electron chi connectivity index (χ0n) is 23.4. The molecule has 4 nitrogen and oxygen atoms in total. The average Bonchev–Trinajstić information content (AvgIpc) is 2.96. The number of hydrogen-bond donors (Lipinski definition) is 0. The molecule has 0 atom stereocenters. The Bertz CT molecular complexity index is 1130. The lowest BCUT2D eigenvalue weighted by Crippen LogP contribution is -2.26. The van der Waals surface area contributed by atoms with Gasteiger partial charge in [-0.3, -0.25) is 4.79 Å². The molecule has 2 aromatic carbocycles. The predicted molar refractivity (Wildman–Crippen MR) is 149 cm³/mol. The van der Waals surface area contributed by atoms with E-state index in [2.05, 4.69) is 13.5 Å². The standard InChI is InChI=1S/C33H41F3O4/c1-3-5-19-38-25-13-11-23(12-14-25)28-17-18-30(32(36)31(28)35)40-33(37)24-9-7-22(8-10-24)27-16-15-26(21-29(27)34)39-20-6-4-2/h4,15-18,21-25H,2-3,5-14,19-20H2,1H3. The molecule has 0 spiro atoms. The van der Waals surface area contributed by atoms with E-state index in [1.165, 1.54) is 12.1 Å². The van der Waals surface area contributed by atoms with Crippen molar-refractivity contribution in [2.75, 3.05) is 13.2 Å². The Balaban J connectivity index is 1.28. The minimum absolute atomic E-state index is 0.0214. The Hall–Kier alpha value is -2.80. The minimum atomic E-state index is -1.11. The molecule has 2 aromatic rings. The fourth-order valence-corrected chi connectivity index (χ4v) is 5.90. The summed E-state index contributed by atoms with van der Waals surface area (Å²) in [6.07, 6.45) is 10.0. The van der Waals surface area contributed by atoms with E-state index in [0.29, 0.717) is 55.6 Å². The minimum Gasteiger partial charge on any atom is -0.493 e. The SMILES string of the molecule is C=CCCOc1ccc(C2CCC(C(=O)Oc3ccc(C4CCC(OCCCC)CC4)c(F)c3F)CC2)c(F)c1. The highest BCUT2D eigenvalue weighted by Crippen LogP contribution is 2.40. The van der Waals surface area contributed by atoms with Crippen LogP contribution in [-0.2, 0) is 9.53 Å². The molecule has 0 heterocycles. The highest BCUT2D eigenvalue weighted by molar-refractivity contribution is 5.75. The van der Waals surface area contributed by atoms with Gasteiger partial charge in [0.2, 0.25) is 5.82 Å². The predicted octanol–water partition coefficient (Wildman–Crippen LogP) is 8.78. The smallest absolute Gasteiger partial charge is 0.314 e. The highest BCUT2D eigenvalue weighted by Gasteiger charge is 2.32. The van der Waals surface area contributed by atoms with Gasteiger partial charge in [-0.15, -0.1) is 6.58 Å². The van der Waals surface area contributed by atoms with Gasteiger partial charge in [-0.1, -0.05) is 31.6 Å². The number of carbonyl (C=O) groups is 1. The lowest BCUT2D eigenvalue weighted by Gasteiger charge is -2.29. The van der Waals surface area contributed by atoms with E-state index >= 15 is 4.39 Å². The van der Waals surface area contributed by atoms with Gasteiger partial charge in [0.1, 0.15) is 11.6 Å². The summed E-state index contributed by atoms with van der Waals surface area (Å²) in [5, 5.41) is 0. The first-order valence-electron chi connectivity index (χ1n) is 14.8. The van der Waals surface area contributed by atoms with Crippen molar-refractivity contribution in [2.45, 2.75) is 95.5 Å². The number of hydrogen-bond acceptors (Lipinski definition) is 4. The molecule has 40 heavy (non-hydrogen) atoms. The number of halogens is 3. The van der Waals surface area contributed by atoms with Crippen molar-refractivity contribution in [1.29, 1.82) is 0 Å². The maximum absolute atomic E-state index is 15.0. The first-order chi connectivity index (χ1) is 19.4. The van der Waals surface area contributed by atoms with Crippen LogP contribution >= 0.6 is 0 Å². The van der Waals surface area contributed by atoms with E-state index in [-0.39, 0.29) is 29.5 Å². The largest absolute Gasteiger partial charge is 0.493 e. The third-order valence-corrected chi connectivity index (χ3v) is 8.32. The molecule has 0 unspecified atom stereocenters. The first-order valence-corrected chi connectivity index (χ1v) is 14.8. The van der Waals surface area contributed by atoms with Crippen molar-refractivity contribution < 1.29 is 32.2 Å². The van der Waals surface area contributed by atoms with Gasteiger partial charge in [0.25, 0.3) is 0 Å². The highest BCUT2D eigenvalue weighted by atomic mass is 19.2. The number of carbonyl (C=O) groups excluding carboxylic acids is 1. The van der Waals surface area contributed by atoms with Crippen LogP contribution in [0.3, 0.4) is 0 Å². The molecule has 218 valence electrons. The monoisotopic (exact) mass is 558 g/mol. The van der Waals surface area contributed by atoms with Gasteiger partial charge < -0.3 is 14.2 Å². The fourth-order valence-electron chi connectivity index (χ4n) is 5.90. The van der Waals surface area contributed by atoms with E-state index in [0.717, 1.165) is 45.1 Å². The van der Waals surface area contributed by atoms with Gasteiger partial charge >= 0.3 is 5.97 Å².